The Morgan fingerprint density at radius 3 is 2.42 bits per heavy atom. The first-order valence-electron chi connectivity index (χ1n) is 18.1. The molecule has 1 unspecified atom stereocenters. The summed E-state index contributed by atoms with van der Waals surface area (Å²) in [7, 11) is 0. The van der Waals surface area contributed by atoms with Gasteiger partial charge in [-0.15, -0.1) is 0 Å². The molecule has 0 saturated carbocycles. The van der Waals surface area contributed by atoms with E-state index >= 15 is 4.39 Å². The van der Waals surface area contributed by atoms with Crippen LogP contribution in [0.1, 0.15) is 65.9 Å². The van der Waals surface area contributed by atoms with Crippen LogP contribution in [0.3, 0.4) is 0 Å². The van der Waals surface area contributed by atoms with Gasteiger partial charge in [0, 0.05) is 31.6 Å². The van der Waals surface area contributed by atoms with Crippen molar-refractivity contribution >= 4 is 70.6 Å². The minimum absolute atomic E-state index is 0.0103. The summed E-state index contributed by atoms with van der Waals surface area (Å²) in [5, 5.41) is 16.1. The number of anilines is 2. The second-order valence-corrected chi connectivity index (χ2v) is 14.3. The third kappa shape index (κ3) is 9.23. The zero-order valence-corrected chi connectivity index (χ0v) is 33.0. The van der Waals surface area contributed by atoms with E-state index in [4.69, 9.17) is 22.2 Å². The third-order valence-corrected chi connectivity index (χ3v) is 9.95. The average Bonchev–Trinajstić information content (AvgIpc) is 3.36. The molecule has 3 N–H and O–H groups in total. The predicted octanol–water partition coefficient (Wildman–Crippen LogP) is 2.98. The summed E-state index contributed by atoms with van der Waals surface area (Å²) in [5.41, 5.74) is -3.94. The van der Waals surface area contributed by atoms with Gasteiger partial charge in [0.05, 0.1) is 34.8 Å². The van der Waals surface area contributed by atoms with Gasteiger partial charge in [0.25, 0.3) is 17.7 Å². The van der Waals surface area contributed by atoms with Gasteiger partial charge in [-0.05, 0) is 81.7 Å². The highest BCUT2D eigenvalue weighted by molar-refractivity contribution is 7.81. The molecule has 3 heterocycles. The topological polar surface area (TPSA) is 211 Å². The normalized spacial score (nSPS) is 16.2. The largest absolute Gasteiger partial charge is 0.483 e. The maximum Gasteiger partial charge on any atom is 0.420 e. The van der Waals surface area contributed by atoms with Crippen LogP contribution in [-0.2, 0) is 41.4 Å². The van der Waals surface area contributed by atoms with E-state index in [-0.39, 0.29) is 73.2 Å². The Morgan fingerprint density at radius 1 is 1.10 bits per heavy atom. The Balaban J connectivity index is 1.10. The van der Waals surface area contributed by atoms with Crippen LogP contribution in [0.15, 0.2) is 48.7 Å². The summed E-state index contributed by atoms with van der Waals surface area (Å²) in [4.78, 5) is 94.6. The molecule has 2 aliphatic heterocycles. The number of pyridine rings is 1. The molecule has 16 nitrogen and oxygen atoms in total. The van der Waals surface area contributed by atoms with Crippen molar-refractivity contribution in [3.8, 4) is 11.8 Å². The number of benzene rings is 2. The number of piperidine rings is 1. The number of alkyl halides is 3. The summed E-state index contributed by atoms with van der Waals surface area (Å²) in [6.07, 6.45) is -3.62. The van der Waals surface area contributed by atoms with Crippen LogP contribution >= 0.6 is 12.2 Å². The minimum Gasteiger partial charge on any atom is -0.483 e. The number of hydrogen-bond acceptors (Lipinski definition) is 11. The molecule has 3 aromatic rings. The molecule has 314 valence electrons. The van der Waals surface area contributed by atoms with Crippen LogP contribution in [0.2, 0.25) is 0 Å². The molecule has 5 rings (SSSR count). The number of imide groups is 2. The number of halogens is 4. The van der Waals surface area contributed by atoms with E-state index in [9.17, 15) is 46.7 Å². The number of nitrogens with one attached hydrogen (secondary N) is 3. The molecule has 2 fully saturated rings. The number of rotatable bonds is 14. The van der Waals surface area contributed by atoms with E-state index in [1.165, 1.54) is 43.1 Å². The SMILES string of the molecule is Cc1cccc(OCC(=O)NCCNC(=O)CCc2ccc(N3C(=S)N(c4ccc(C#N)c(C(F)(F)F)c4F)C(=O)C3(C)C)cn2)c1C(=O)N(C=O)C1CCC(=O)NC1=O. The monoisotopic (exact) mass is 852 g/mol. The summed E-state index contributed by atoms with van der Waals surface area (Å²) < 4.78 is 62.0. The molecule has 0 spiro atoms. The molecule has 0 bridgehead atoms. The molecule has 0 radical (unpaired) electrons. The first-order chi connectivity index (χ1) is 28.3. The molecule has 60 heavy (non-hydrogen) atoms. The lowest BCUT2D eigenvalue weighted by Crippen LogP contribution is -2.54. The van der Waals surface area contributed by atoms with Crippen LogP contribution in [0.4, 0.5) is 28.9 Å². The number of hydrogen-bond donors (Lipinski definition) is 3. The molecule has 7 amide bonds. The van der Waals surface area contributed by atoms with Gasteiger partial charge in [0.1, 0.15) is 22.9 Å². The number of nitrogens with zero attached hydrogens (tertiary/aromatic N) is 5. The zero-order chi connectivity index (χ0) is 44.1. The number of thiocarbonyl (C=S) groups is 1. The van der Waals surface area contributed by atoms with E-state index in [1.54, 1.807) is 25.1 Å². The van der Waals surface area contributed by atoms with E-state index in [2.05, 4.69) is 20.9 Å². The molecular formula is C39H36F4N8O8S. The van der Waals surface area contributed by atoms with Gasteiger partial charge in [-0.3, -0.25) is 53.7 Å². The Morgan fingerprint density at radius 2 is 1.80 bits per heavy atom. The lowest BCUT2D eigenvalue weighted by Gasteiger charge is -2.29. The van der Waals surface area contributed by atoms with E-state index < -0.39 is 76.5 Å². The van der Waals surface area contributed by atoms with Gasteiger partial charge in [-0.2, -0.15) is 18.4 Å². The third-order valence-electron chi connectivity index (χ3n) is 9.58. The fourth-order valence-corrected chi connectivity index (χ4v) is 7.06. The van der Waals surface area contributed by atoms with Gasteiger partial charge in [-0.1, -0.05) is 12.1 Å². The van der Waals surface area contributed by atoms with E-state index in [1.807, 2.05) is 0 Å². The lowest BCUT2D eigenvalue weighted by atomic mass is 10.0. The van der Waals surface area contributed by atoms with Crippen molar-refractivity contribution < 1.29 is 55.9 Å². The quantitative estimate of drug-likeness (QED) is 0.0703. The smallest absolute Gasteiger partial charge is 0.420 e. The van der Waals surface area contributed by atoms with Crippen LogP contribution in [0.5, 0.6) is 5.75 Å². The Kier molecular flexibility index (Phi) is 13.3. The molecule has 1 aromatic heterocycles. The van der Waals surface area contributed by atoms with E-state index in [0.29, 0.717) is 21.1 Å². The van der Waals surface area contributed by atoms with Crippen LogP contribution in [0, 0.1) is 24.1 Å². The first-order valence-corrected chi connectivity index (χ1v) is 18.5. The second-order valence-electron chi connectivity index (χ2n) is 14.0. The Hall–Kier alpha value is -6.82. The standard InChI is InChI=1S/C39H36F4N8O8S/c1-21-5-4-6-27(31(21)35(57)49(20-52)26-12-14-29(54)48-34(26)56)59-19-30(55)46-16-15-45-28(53)13-9-23-8-10-24(18-47-23)51-37(60)50(36(58)38(51,2)3)25-11-7-22(17-44)32(33(25)40)39(41,42)43/h4-8,10-11,18,20,26H,9,12-16,19H2,1-3H3,(H,45,53)(H,46,55)(H,48,54,56). The number of carbonyl (C=O) groups is 7. The Bertz CT molecular complexity index is 2320. The zero-order valence-electron chi connectivity index (χ0n) is 32.1. The molecule has 21 heteroatoms. The summed E-state index contributed by atoms with van der Waals surface area (Å²) >= 11 is 5.45. The first kappa shape index (κ1) is 44.3. The highest BCUT2D eigenvalue weighted by Crippen LogP contribution is 2.42. The fourth-order valence-electron chi connectivity index (χ4n) is 6.55. The highest BCUT2D eigenvalue weighted by atomic mass is 32.1. The summed E-state index contributed by atoms with van der Waals surface area (Å²) in [6, 6.07) is 9.41. The van der Waals surface area contributed by atoms with Crippen molar-refractivity contribution in [3.05, 3.63) is 82.4 Å². The molecule has 2 aliphatic rings. The molecule has 0 aliphatic carbocycles. The van der Waals surface area contributed by atoms with Gasteiger partial charge in [0.15, 0.2) is 17.5 Å². The number of aryl methyl sites for hydroxylation is 2. The lowest BCUT2D eigenvalue weighted by molar-refractivity contribution is -0.140. The molecule has 2 saturated heterocycles. The van der Waals surface area contributed by atoms with Gasteiger partial charge in [0.2, 0.25) is 24.1 Å². The van der Waals surface area contributed by atoms with Crippen LogP contribution in [0.25, 0.3) is 0 Å². The predicted molar refractivity (Wildman–Crippen MR) is 206 cm³/mol. The van der Waals surface area contributed by atoms with Crippen molar-refractivity contribution in [2.45, 2.75) is 64.2 Å². The fraction of sp³-hybridized carbons (Fsp3) is 0.333. The number of aromatic nitrogens is 1. The van der Waals surface area contributed by atoms with Gasteiger partial charge in [-0.25, -0.2) is 4.39 Å². The molecule has 1 atom stereocenters. The second kappa shape index (κ2) is 18.0. The van der Waals surface area contributed by atoms with Crippen LogP contribution < -0.4 is 30.5 Å². The maximum absolute atomic E-state index is 15.3. The Labute approximate surface area is 344 Å². The van der Waals surface area contributed by atoms with Crippen molar-refractivity contribution in [1.82, 2.24) is 25.8 Å². The summed E-state index contributed by atoms with van der Waals surface area (Å²) in [5.74, 6) is -5.79. The van der Waals surface area contributed by atoms with Gasteiger partial charge >= 0.3 is 6.18 Å². The molecular weight excluding hydrogens is 817 g/mol. The van der Waals surface area contributed by atoms with E-state index in [0.717, 1.165) is 12.1 Å². The minimum atomic E-state index is -5.22. The molecule has 2 aromatic carbocycles. The number of carbonyl (C=O) groups excluding carboxylic acids is 7. The number of amides is 7. The van der Waals surface area contributed by atoms with Crippen molar-refractivity contribution in [2.24, 2.45) is 0 Å². The number of ether oxygens (including phenoxy) is 1. The highest BCUT2D eigenvalue weighted by Gasteiger charge is 2.52. The number of nitriles is 1. The van der Waals surface area contributed by atoms with Crippen molar-refractivity contribution in [3.63, 3.8) is 0 Å². The van der Waals surface area contributed by atoms with Gasteiger partial charge < -0.3 is 20.3 Å². The summed E-state index contributed by atoms with van der Waals surface area (Å²) in [6.45, 7) is 4.00. The van der Waals surface area contributed by atoms with Crippen molar-refractivity contribution in [1.29, 1.82) is 5.26 Å². The van der Waals surface area contributed by atoms with Crippen LogP contribution in [-0.4, -0.2) is 88.1 Å². The average molecular weight is 853 g/mol. The van der Waals surface area contributed by atoms with Crippen molar-refractivity contribution in [2.75, 3.05) is 29.5 Å². The maximum atomic E-state index is 15.3.